The molecule has 0 atom stereocenters. The molecule has 1 aromatic rings. The van der Waals surface area contributed by atoms with Crippen LogP contribution in [0, 0.1) is 18.3 Å². The van der Waals surface area contributed by atoms with Crippen LogP contribution in [0.25, 0.3) is 0 Å². The zero-order valence-corrected chi connectivity index (χ0v) is 10.4. The third kappa shape index (κ3) is 2.78. The van der Waals surface area contributed by atoms with Crippen LogP contribution in [0.1, 0.15) is 24.0 Å². The molecule has 1 aliphatic rings. The number of benzene rings is 1. The molecule has 0 unspecified atom stereocenters. The Balaban J connectivity index is 2.20. The molecule has 2 rings (SSSR count). The van der Waals surface area contributed by atoms with Crippen molar-refractivity contribution in [2.75, 3.05) is 25.2 Å². The van der Waals surface area contributed by atoms with Gasteiger partial charge < -0.3 is 9.64 Å². The maximum atomic E-state index is 8.87. The number of nitrogens with zero attached hydrogens (tertiary/aromatic N) is 2. The van der Waals surface area contributed by atoms with Gasteiger partial charge in [-0.1, -0.05) is 0 Å². The lowest BCUT2D eigenvalue weighted by Crippen LogP contribution is -2.30. The summed E-state index contributed by atoms with van der Waals surface area (Å²) in [5.41, 5.74) is 3.14. The highest BCUT2D eigenvalue weighted by atomic mass is 16.5. The van der Waals surface area contributed by atoms with Gasteiger partial charge in [-0.25, -0.2) is 0 Å². The number of nitriles is 1. The highest BCUT2D eigenvalue weighted by Crippen LogP contribution is 2.33. The molecule has 0 N–H and O–H groups in total. The first-order chi connectivity index (χ1) is 8.26. The van der Waals surface area contributed by atoms with Crippen molar-refractivity contribution in [2.45, 2.75) is 25.8 Å². The molecule has 0 spiro atoms. The average Bonchev–Trinajstić information content (AvgIpc) is 3.15. The molecule has 90 valence electrons. The van der Waals surface area contributed by atoms with Crippen LogP contribution in [0.3, 0.4) is 0 Å². The summed E-state index contributed by atoms with van der Waals surface area (Å²) in [4.78, 5) is 2.40. The molecule has 0 radical (unpaired) electrons. The van der Waals surface area contributed by atoms with E-state index >= 15 is 0 Å². The van der Waals surface area contributed by atoms with Crippen LogP contribution >= 0.6 is 0 Å². The average molecular weight is 230 g/mol. The van der Waals surface area contributed by atoms with Gasteiger partial charge in [0.2, 0.25) is 0 Å². The van der Waals surface area contributed by atoms with Gasteiger partial charge in [0.25, 0.3) is 0 Å². The molecule has 0 aromatic heterocycles. The molecule has 0 amide bonds. The highest BCUT2D eigenvalue weighted by molar-refractivity contribution is 5.57. The number of rotatable bonds is 5. The summed E-state index contributed by atoms with van der Waals surface area (Å²) in [6, 6.07) is 8.75. The first kappa shape index (κ1) is 11.9. The van der Waals surface area contributed by atoms with Gasteiger partial charge in [-0.3, -0.25) is 0 Å². The minimum Gasteiger partial charge on any atom is -0.383 e. The van der Waals surface area contributed by atoms with E-state index in [1.807, 2.05) is 12.1 Å². The van der Waals surface area contributed by atoms with Crippen LogP contribution in [0.15, 0.2) is 18.2 Å². The molecule has 1 aromatic carbocycles. The van der Waals surface area contributed by atoms with Crippen molar-refractivity contribution in [3.63, 3.8) is 0 Å². The van der Waals surface area contributed by atoms with Crippen molar-refractivity contribution in [3.05, 3.63) is 29.3 Å². The first-order valence-corrected chi connectivity index (χ1v) is 6.02. The molecule has 1 aliphatic carbocycles. The minimum atomic E-state index is 0.664. The van der Waals surface area contributed by atoms with Crippen molar-refractivity contribution in [1.82, 2.24) is 0 Å². The molecule has 17 heavy (non-hydrogen) atoms. The van der Waals surface area contributed by atoms with Gasteiger partial charge in [0, 0.05) is 25.4 Å². The lowest BCUT2D eigenvalue weighted by Gasteiger charge is -2.26. The van der Waals surface area contributed by atoms with Gasteiger partial charge in [0.15, 0.2) is 0 Å². The Morgan fingerprint density at radius 3 is 2.76 bits per heavy atom. The fraction of sp³-hybridized carbons (Fsp3) is 0.500. The lowest BCUT2D eigenvalue weighted by molar-refractivity contribution is 0.205. The molecule has 0 heterocycles. The van der Waals surface area contributed by atoms with E-state index in [-0.39, 0.29) is 0 Å². The molecule has 1 saturated carbocycles. The normalized spacial score (nSPS) is 14.4. The summed E-state index contributed by atoms with van der Waals surface area (Å²) < 4.78 is 5.16. The number of ether oxygens (including phenoxy) is 1. The first-order valence-electron chi connectivity index (χ1n) is 6.02. The Hall–Kier alpha value is -1.53. The van der Waals surface area contributed by atoms with Crippen LogP contribution < -0.4 is 4.90 Å². The van der Waals surface area contributed by atoms with Crippen LogP contribution in [-0.2, 0) is 4.74 Å². The highest BCUT2D eigenvalue weighted by Gasteiger charge is 2.29. The van der Waals surface area contributed by atoms with E-state index in [9.17, 15) is 0 Å². The monoisotopic (exact) mass is 230 g/mol. The van der Waals surface area contributed by atoms with Gasteiger partial charge >= 0.3 is 0 Å². The molecular weight excluding hydrogens is 212 g/mol. The van der Waals surface area contributed by atoms with Crippen molar-refractivity contribution < 1.29 is 4.74 Å². The Labute approximate surface area is 103 Å². The van der Waals surface area contributed by atoms with Gasteiger partial charge in [-0.05, 0) is 43.5 Å². The largest absolute Gasteiger partial charge is 0.383 e. The van der Waals surface area contributed by atoms with E-state index in [0.29, 0.717) is 6.04 Å². The number of methoxy groups -OCH3 is 1. The predicted molar refractivity (Wildman–Crippen MR) is 68.1 cm³/mol. The molecule has 0 aliphatic heterocycles. The van der Waals surface area contributed by atoms with Crippen LogP contribution in [0.2, 0.25) is 0 Å². The maximum absolute atomic E-state index is 8.87. The smallest absolute Gasteiger partial charge is 0.0991 e. The predicted octanol–water partition coefficient (Wildman–Crippen LogP) is 2.48. The molecule has 0 bridgehead atoms. The van der Waals surface area contributed by atoms with Gasteiger partial charge in [0.1, 0.15) is 0 Å². The zero-order chi connectivity index (χ0) is 12.3. The van der Waals surface area contributed by atoms with Crippen molar-refractivity contribution in [1.29, 1.82) is 5.26 Å². The summed E-state index contributed by atoms with van der Waals surface area (Å²) >= 11 is 0. The Morgan fingerprint density at radius 1 is 1.47 bits per heavy atom. The number of hydrogen-bond donors (Lipinski definition) is 0. The van der Waals surface area contributed by atoms with E-state index in [4.69, 9.17) is 10.00 Å². The topological polar surface area (TPSA) is 36.3 Å². The third-order valence-corrected chi connectivity index (χ3v) is 3.16. The van der Waals surface area contributed by atoms with Crippen molar-refractivity contribution in [3.8, 4) is 6.07 Å². The molecule has 3 heteroatoms. The molecule has 3 nitrogen and oxygen atoms in total. The quantitative estimate of drug-likeness (QED) is 0.779. The fourth-order valence-corrected chi connectivity index (χ4v) is 2.12. The van der Waals surface area contributed by atoms with E-state index in [1.54, 1.807) is 7.11 Å². The summed E-state index contributed by atoms with van der Waals surface area (Å²) in [6.45, 7) is 3.74. The maximum Gasteiger partial charge on any atom is 0.0991 e. The van der Waals surface area contributed by atoms with Crippen molar-refractivity contribution >= 4 is 5.69 Å². The minimum absolute atomic E-state index is 0.664. The van der Waals surface area contributed by atoms with E-state index in [0.717, 1.165) is 18.7 Å². The molecular formula is C14H18N2O. The summed E-state index contributed by atoms with van der Waals surface area (Å²) in [5, 5.41) is 8.87. The number of aryl methyl sites for hydroxylation is 1. The lowest BCUT2D eigenvalue weighted by atomic mass is 10.1. The van der Waals surface area contributed by atoms with Crippen LogP contribution in [0.4, 0.5) is 5.69 Å². The zero-order valence-electron chi connectivity index (χ0n) is 10.4. The van der Waals surface area contributed by atoms with Gasteiger partial charge in [-0.15, -0.1) is 0 Å². The van der Waals surface area contributed by atoms with Crippen LogP contribution in [-0.4, -0.2) is 26.3 Å². The van der Waals surface area contributed by atoms with Gasteiger partial charge in [-0.2, -0.15) is 5.26 Å². The Kier molecular flexibility index (Phi) is 3.65. The number of hydrogen-bond acceptors (Lipinski definition) is 3. The SMILES string of the molecule is COCCN(c1ccc(C#N)cc1C)C1CC1. The second-order valence-corrected chi connectivity index (χ2v) is 4.53. The van der Waals surface area contributed by atoms with E-state index < -0.39 is 0 Å². The second kappa shape index (κ2) is 5.20. The van der Waals surface area contributed by atoms with E-state index in [1.165, 1.54) is 24.1 Å². The van der Waals surface area contributed by atoms with Crippen molar-refractivity contribution in [2.24, 2.45) is 0 Å². The summed E-state index contributed by atoms with van der Waals surface area (Å²) in [7, 11) is 1.73. The van der Waals surface area contributed by atoms with Crippen LogP contribution in [0.5, 0.6) is 0 Å². The second-order valence-electron chi connectivity index (χ2n) is 4.53. The van der Waals surface area contributed by atoms with Gasteiger partial charge in [0.05, 0.1) is 18.2 Å². The summed E-state index contributed by atoms with van der Waals surface area (Å²) in [6.07, 6.45) is 2.53. The van der Waals surface area contributed by atoms with E-state index in [2.05, 4.69) is 24.0 Å². The summed E-state index contributed by atoms with van der Waals surface area (Å²) in [5.74, 6) is 0. The standard InChI is InChI=1S/C14H18N2O/c1-11-9-12(10-15)3-6-14(11)16(7-8-17-2)13-4-5-13/h3,6,9,13H,4-5,7-8H2,1-2H3. The number of anilines is 1. The molecule has 0 saturated heterocycles. The fourth-order valence-electron chi connectivity index (χ4n) is 2.12. The molecule has 1 fully saturated rings. The Bertz CT molecular complexity index is 432. The Morgan fingerprint density at radius 2 is 2.24 bits per heavy atom. The third-order valence-electron chi connectivity index (χ3n) is 3.16.